The molecule has 3 nitrogen and oxygen atoms in total. The summed E-state index contributed by atoms with van der Waals surface area (Å²) in [6.45, 7) is 8.31. The molecule has 0 atom stereocenters. The van der Waals surface area contributed by atoms with Crippen molar-refractivity contribution in [1.82, 2.24) is 4.90 Å². The van der Waals surface area contributed by atoms with E-state index in [4.69, 9.17) is 4.74 Å². The van der Waals surface area contributed by atoms with E-state index in [1.54, 1.807) is 7.11 Å². The maximum absolute atomic E-state index is 12.4. The van der Waals surface area contributed by atoms with Crippen molar-refractivity contribution >= 4 is 5.78 Å². The van der Waals surface area contributed by atoms with Crippen molar-refractivity contribution in [3.63, 3.8) is 0 Å². The quantitative estimate of drug-likeness (QED) is 0.649. The van der Waals surface area contributed by atoms with Crippen LogP contribution in [0.4, 0.5) is 0 Å². The molecule has 0 aliphatic rings. The third kappa shape index (κ3) is 5.06. The van der Waals surface area contributed by atoms with Crippen LogP contribution in [0.2, 0.25) is 0 Å². The van der Waals surface area contributed by atoms with Gasteiger partial charge in [-0.2, -0.15) is 0 Å². The van der Waals surface area contributed by atoms with Gasteiger partial charge in [0.15, 0.2) is 5.78 Å². The maximum atomic E-state index is 12.4. The molecule has 0 spiro atoms. The molecule has 20 heavy (non-hydrogen) atoms. The number of aryl methyl sites for hydroxylation is 1. The molecule has 0 fully saturated rings. The van der Waals surface area contributed by atoms with Crippen LogP contribution in [0.25, 0.3) is 0 Å². The molecule has 0 unspecified atom stereocenters. The first-order valence-electron chi connectivity index (χ1n) is 7.45. The number of benzene rings is 1. The van der Waals surface area contributed by atoms with Gasteiger partial charge in [-0.1, -0.05) is 43.7 Å². The Morgan fingerprint density at radius 3 is 2.30 bits per heavy atom. The summed E-state index contributed by atoms with van der Waals surface area (Å²) in [5.74, 6) is 0.188. The fraction of sp³-hybridized carbons (Fsp3) is 0.588. The molecule has 1 aromatic rings. The fourth-order valence-corrected chi connectivity index (χ4v) is 2.42. The van der Waals surface area contributed by atoms with Gasteiger partial charge in [0.1, 0.15) is 0 Å². The molecule has 1 aromatic carbocycles. The Kier molecular flexibility index (Phi) is 7.48. The second-order valence-corrected chi connectivity index (χ2v) is 5.22. The van der Waals surface area contributed by atoms with Crippen LogP contribution < -0.4 is 0 Å². The van der Waals surface area contributed by atoms with E-state index in [1.165, 1.54) is 5.56 Å². The van der Waals surface area contributed by atoms with Crippen LogP contribution in [0, 0.1) is 6.92 Å². The predicted octanol–water partition coefficient (Wildman–Crippen LogP) is 3.31. The van der Waals surface area contributed by atoms with Crippen molar-refractivity contribution in [2.24, 2.45) is 0 Å². The summed E-state index contributed by atoms with van der Waals surface area (Å²) >= 11 is 0. The van der Waals surface area contributed by atoms with Crippen LogP contribution in [-0.4, -0.2) is 43.5 Å². The van der Waals surface area contributed by atoms with Gasteiger partial charge in [0.05, 0.1) is 13.2 Å². The van der Waals surface area contributed by atoms with Crippen LogP contribution in [0.3, 0.4) is 0 Å². The first-order chi connectivity index (χ1) is 9.62. The van der Waals surface area contributed by atoms with E-state index in [1.807, 2.05) is 31.2 Å². The second-order valence-electron chi connectivity index (χ2n) is 5.22. The second kappa shape index (κ2) is 8.88. The molecule has 0 N–H and O–H groups in total. The van der Waals surface area contributed by atoms with Crippen molar-refractivity contribution < 1.29 is 9.53 Å². The first kappa shape index (κ1) is 16.9. The van der Waals surface area contributed by atoms with Crippen molar-refractivity contribution in [1.29, 1.82) is 0 Å². The number of hydrogen-bond acceptors (Lipinski definition) is 3. The molecular weight excluding hydrogens is 250 g/mol. The number of nitrogens with zero attached hydrogens (tertiary/aromatic N) is 1. The number of ketones is 1. The fourth-order valence-electron chi connectivity index (χ4n) is 2.42. The number of Topliss-reactive ketones (excluding diaryl/α,β-unsaturated/α-hetero) is 1. The summed E-state index contributed by atoms with van der Waals surface area (Å²) < 4.78 is 5.16. The van der Waals surface area contributed by atoms with Crippen molar-refractivity contribution in [2.45, 2.75) is 39.7 Å². The molecule has 0 bridgehead atoms. The average molecular weight is 277 g/mol. The number of ether oxygens (including phenoxy) is 1. The van der Waals surface area contributed by atoms with Gasteiger partial charge in [0, 0.05) is 25.3 Å². The highest BCUT2D eigenvalue weighted by Crippen LogP contribution is 2.11. The van der Waals surface area contributed by atoms with E-state index < -0.39 is 0 Å². The molecule has 0 aliphatic heterocycles. The topological polar surface area (TPSA) is 29.5 Å². The number of methoxy groups -OCH3 is 1. The summed E-state index contributed by atoms with van der Waals surface area (Å²) in [5.41, 5.74) is 1.97. The van der Waals surface area contributed by atoms with Gasteiger partial charge in [0.2, 0.25) is 0 Å². The number of carbonyl (C=O) groups excluding carboxylic acids is 1. The zero-order valence-electron chi connectivity index (χ0n) is 13.2. The Bertz CT molecular complexity index is 396. The molecule has 0 radical (unpaired) electrons. The van der Waals surface area contributed by atoms with Crippen molar-refractivity contribution in [3.05, 3.63) is 35.4 Å². The normalized spacial score (nSPS) is 11.3. The Morgan fingerprint density at radius 1 is 1.20 bits per heavy atom. The lowest BCUT2D eigenvalue weighted by Crippen LogP contribution is -2.40. The van der Waals surface area contributed by atoms with Crippen molar-refractivity contribution in [3.8, 4) is 0 Å². The summed E-state index contributed by atoms with van der Waals surface area (Å²) in [7, 11) is 1.70. The highest BCUT2D eigenvalue weighted by atomic mass is 16.5. The van der Waals surface area contributed by atoms with Crippen LogP contribution in [0.15, 0.2) is 24.3 Å². The summed E-state index contributed by atoms with van der Waals surface area (Å²) in [6, 6.07) is 8.26. The Morgan fingerprint density at radius 2 is 1.80 bits per heavy atom. The minimum atomic E-state index is 0.188. The Hall–Kier alpha value is -1.19. The van der Waals surface area contributed by atoms with Gasteiger partial charge in [0.25, 0.3) is 0 Å². The van der Waals surface area contributed by atoms with Crippen molar-refractivity contribution in [2.75, 3.05) is 26.8 Å². The molecule has 3 heteroatoms. The van der Waals surface area contributed by atoms with E-state index in [2.05, 4.69) is 18.7 Å². The third-order valence-electron chi connectivity index (χ3n) is 3.76. The van der Waals surface area contributed by atoms with Gasteiger partial charge in [-0.05, 0) is 19.8 Å². The highest BCUT2D eigenvalue weighted by molar-refractivity contribution is 5.97. The van der Waals surface area contributed by atoms with Crippen LogP contribution in [-0.2, 0) is 4.74 Å². The number of rotatable bonds is 9. The zero-order valence-corrected chi connectivity index (χ0v) is 13.2. The van der Waals surface area contributed by atoms with E-state index in [9.17, 15) is 4.79 Å². The van der Waals surface area contributed by atoms with Gasteiger partial charge in [-0.3, -0.25) is 9.69 Å². The van der Waals surface area contributed by atoms with E-state index in [0.29, 0.717) is 19.2 Å². The minimum Gasteiger partial charge on any atom is -0.383 e. The van der Waals surface area contributed by atoms with Crippen LogP contribution in [0.5, 0.6) is 0 Å². The lowest BCUT2D eigenvalue weighted by Gasteiger charge is -2.29. The summed E-state index contributed by atoms with van der Waals surface area (Å²) in [4.78, 5) is 14.6. The van der Waals surface area contributed by atoms with E-state index >= 15 is 0 Å². The smallest absolute Gasteiger partial charge is 0.176 e. The number of hydrogen-bond donors (Lipinski definition) is 0. The first-order valence-corrected chi connectivity index (χ1v) is 7.45. The standard InChI is InChI=1S/C17H27NO2/c1-5-16(6-2)18(11-12-20-4)13-17(19)15-9-7-14(3)8-10-15/h7-10,16H,5-6,11-13H2,1-4H3. The molecule has 1 rings (SSSR count). The highest BCUT2D eigenvalue weighted by Gasteiger charge is 2.18. The zero-order chi connectivity index (χ0) is 15.0. The predicted molar refractivity (Wildman–Crippen MR) is 83.3 cm³/mol. The van der Waals surface area contributed by atoms with Gasteiger partial charge in [-0.25, -0.2) is 0 Å². The Labute approximate surface area is 122 Å². The molecule has 0 saturated heterocycles. The van der Waals surface area contributed by atoms with E-state index in [-0.39, 0.29) is 5.78 Å². The van der Waals surface area contributed by atoms with Crippen LogP contribution >= 0.6 is 0 Å². The SMILES string of the molecule is CCC(CC)N(CCOC)CC(=O)c1ccc(C)cc1. The monoisotopic (exact) mass is 277 g/mol. The van der Waals surface area contributed by atoms with Gasteiger partial charge >= 0.3 is 0 Å². The van der Waals surface area contributed by atoms with Gasteiger partial charge < -0.3 is 4.74 Å². The lowest BCUT2D eigenvalue weighted by atomic mass is 10.1. The largest absolute Gasteiger partial charge is 0.383 e. The molecule has 0 saturated carbocycles. The molecular formula is C17H27NO2. The van der Waals surface area contributed by atoms with Gasteiger partial charge in [-0.15, -0.1) is 0 Å². The number of carbonyl (C=O) groups is 1. The third-order valence-corrected chi connectivity index (χ3v) is 3.76. The molecule has 0 aliphatic carbocycles. The molecule has 112 valence electrons. The molecule has 0 amide bonds. The summed E-state index contributed by atoms with van der Waals surface area (Å²) in [5, 5.41) is 0. The Balaban J connectivity index is 2.72. The molecule has 0 heterocycles. The molecule has 0 aromatic heterocycles. The van der Waals surface area contributed by atoms with Crippen LogP contribution in [0.1, 0.15) is 42.6 Å². The lowest BCUT2D eigenvalue weighted by molar-refractivity contribution is 0.0811. The minimum absolute atomic E-state index is 0.188. The summed E-state index contributed by atoms with van der Waals surface area (Å²) in [6.07, 6.45) is 2.11. The maximum Gasteiger partial charge on any atom is 0.176 e. The van der Waals surface area contributed by atoms with E-state index in [0.717, 1.165) is 24.9 Å². The average Bonchev–Trinajstić information content (AvgIpc) is 2.46.